The summed E-state index contributed by atoms with van der Waals surface area (Å²) >= 11 is 0. The van der Waals surface area contributed by atoms with Gasteiger partial charge in [0.05, 0.1) is 16.8 Å². The van der Waals surface area contributed by atoms with E-state index in [1.165, 1.54) is 0 Å². The smallest absolute Gasteiger partial charge is 0.358 e. The van der Waals surface area contributed by atoms with Crippen LogP contribution in [0.3, 0.4) is 0 Å². The third-order valence-electron chi connectivity index (χ3n) is 4.79. The van der Waals surface area contributed by atoms with Crippen molar-refractivity contribution < 1.29 is 14.4 Å². The molecular weight excluding hydrogens is 356 g/mol. The predicted molar refractivity (Wildman–Crippen MR) is 105 cm³/mol. The molecule has 0 atom stereocenters. The average Bonchev–Trinajstić information content (AvgIpc) is 3.30. The molecule has 4 aromatic rings. The summed E-state index contributed by atoms with van der Waals surface area (Å²) in [6, 6.07) is 13.6. The number of hydrogen-bond donors (Lipinski definition) is 1. The summed E-state index contributed by atoms with van der Waals surface area (Å²) in [5.74, 6) is -0.392. The minimum Gasteiger partial charge on any atom is -0.476 e. The average molecular weight is 376 g/mol. The molecule has 142 valence electrons. The molecular formula is C21H20N4O3. The van der Waals surface area contributed by atoms with E-state index in [4.69, 9.17) is 4.52 Å². The fraction of sp³-hybridized carbons (Fsp3) is 0.238. The van der Waals surface area contributed by atoms with Gasteiger partial charge in [-0.1, -0.05) is 54.0 Å². The van der Waals surface area contributed by atoms with Crippen molar-refractivity contribution in [3.8, 4) is 17.0 Å². The summed E-state index contributed by atoms with van der Waals surface area (Å²) in [4.78, 5) is 11.6. The number of carboxylic acids is 1. The van der Waals surface area contributed by atoms with Crippen molar-refractivity contribution in [2.24, 2.45) is 0 Å². The van der Waals surface area contributed by atoms with Crippen molar-refractivity contribution in [1.29, 1.82) is 0 Å². The molecule has 0 fully saturated rings. The van der Waals surface area contributed by atoms with E-state index in [2.05, 4.69) is 22.4 Å². The Morgan fingerprint density at radius 3 is 2.71 bits per heavy atom. The van der Waals surface area contributed by atoms with Gasteiger partial charge in [0, 0.05) is 5.56 Å². The zero-order valence-corrected chi connectivity index (χ0v) is 15.7. The highest BCUT2D eigenvalue weighted by Gasteiger charge is 2.22. The van der Waals surface area contributed by atoms with Crippen molar-refractivity contribution in [2.75, 3.05) is 0 Å². The lowest BCUT2D eigenvalue weighted by molar-refractivity contribution is 0.0689. The molecule has 0 bridgehead atoms. The van der Waals surface area contributed by atoms with Crippen LogP contribution in [-0.4, -0.2) is 31.2 Å². The number of aromatic carboxylic acids is 1. The van der Waals surface area contributed by atoms with Crippen LogP contribution >= 0.6 is 0 Å². The minimum atomic E-state index is -1.06. The van der Waals surface area contributed by atoms with Crippen molar-refractivity contribution in [2.45, 2.75) is 33.1 Å². The Kier molecular flexibility index (Phi) is 4.65. The second-order valence-electron chi connectivity index (χ2n) is 6.74. The third-order valence-corrected chi connectivity index (χ3v) is 4.79. The number of carboxylic acid groups (broad SMARTS) is 1. The number of rotatable bonds is 6. The number of nitrogens with zero attached hydrogens (tertiary/aromatic N) is 4. The molecule has 0 saturated carbocycles. The highest BCUT2D eigenvalue weighted by Crippen LogP contribution is 2.32. The molecule has 1 N–H and O–H groups in total. The largest absolute Gasteiger partial charge is 0.476 e. The number of carbonyl (C=O) groups is 1. The fourth-order valence-corrected chi connectivity index (χ4v) is 3.34. The van der Waals surface area contributed by atoms with E-state index in [0.29, 0.717) is 17.9 Å². The molecule has 28 heavy (non-hydrogen) atoms. The van der Waals surface area contributed by atoms with Crippen LogP contribution in [0.25, 0.3) is 27.9 Å². The molecule has 4 rings (SSSR count). The molecule has 2 heterocycles. The highest BCUT2D eigenvalue weighted by molar-refractivity contribution is 5.93. The van der Waals surface area contributed by atoms with Crippen LogP contribution in [0.4, 0.5) is 0 Å². The van der Waals surface area contributed by atoms with Gasteiger partial charge in [0.15, 0.2) is 11.5 Å². The summed E-state index contributed by atoms with van der Waals surface area (Å²) in [5.41, 5.74) is 3.97. The number of unbranched alkanes of at least 4 members (excludes halogenated alkanes) is 1. The molecule has 0 spiro atoms. The summed E-state index contributed by atoms with van der Waals surface area (Å²) in [7, 11) is 0. The Labute approximate surface area is 161 Å². The Bertz CT molecular complexity index is 1150. The SMILES string of the molecule is CCCCc1c(C(=O)O)nnn1-c1cc2c(-c3ccccc3)onc2cc1C. The zero-order valence-electron chi connectivity index (χ0n) is 15.7. The van der Waals surface area contributed by atoms with Gasteiger partial charge in [-0.3, -0.25) is 0 Å². The first-order valence-electron chi connectivity index (χ1n) is 9.23. The van der Waals surface area contributed by atoms with E-state index in [0.717, 1.165) is 40.6 Å². The second-order valence-corrected chi connectivity index (χ2v) is 6.74. The number of hydrogen-bond acceptors (Lipinski definition) is 5. The van der Waals surface area contributed by atoms with Gasteiger partial charge in [0.2, 0.25) is 0 Å². The molecule has 7 heteroatoms. The Balaban J connectivity index is 1.90. The molecule has 0 amide bonds. The number of aromatic nitrogens is 4. The maximum absolute atomic E-state index is 11.6. The van der Waals surface area contributed by atoms with E-state index in [1.54, 1.807) is 4.68 Å². The number of benzene rings is 2. The van der Waals surface area contributed by atoms with Crippen molar-refractivity contribution >= 4 is 16.9 Å². The number of aryl methyl sites for hydroxylation is 1. The molecule has 0 saturated heterocycles. The highest BCUT2D eigenvalue weighted by atomic mass is 16.5. The minimum absolute atomic E-state index is 0.00143. The van der Waals surface area contributed by atoms with Gasteiger partial charge in [0.25, 0.3) is 0 Å². The normalized spacial score (nSPS) is 11.2. The van der Waals surface area contributed by atoms with Crippen LogP contribution in [0, 0.1) is 6.92 Å². The summed E-state index contributed by atoms with van der Waals surface area (Å²) < 4.78 is 7.23. The quantitative estimate of drug-likeness (QED) is 0.535. The molecule has 0 radical (unpaired) electrons. The lowest BCUT2D eigenvalue weighted by Gasteiger charge is -2.10. The van der Waals surface area contributed by atoms with E-state index >= 15 is 0 Å². The Hall–Kier alpha value is -3.48. The van der Waals surface area contributed by atoms with Crippen molar-refractivity contribution in [1.82, 2.24) is 20.2 Å². The maximum atomic E-state index is 11.6. The van der Waals surface area contributed by atoms with Gasteiger partial charge in [-0.15, -0.1) is 5.10 Å². The molecule has 2 aromatic heterocycles. The van der Waals surface area contributed by atoms with Gasteiger partial charge in [-0.25, -0.2) is 9.48 Å². The van der Waals surface area contributed by atoms with E-state index in [-0.39, 0.29) is 5.69 Å². The lowest BCUT2D eigenvalue weighted by Crippen LogP contribution is -2.08. The van der Waals surface area contributed by atoms with Crippen molar-refractivity contribution in [3.05, 3.63) is 59.4 Å². The van der Waals surface area contributed by atoms with Crippen LogP contribution in [0.2, 0.25) is 0 Å². The maximum Gasteiger partial charge on any atom is 0.358 e. The van der Waals surface area contributed by atoms with Crippen LogP contribution in [0.15, 0.2) is 47.0 Å². The topological polar surface area (TPSA) is 94.0 Å². The van der Waals surface area contributed by atoms with Gasteiger partial charge in [-0.2, -0.15) is 0 Å². The number of fused-ring (bicyclic) bond motifs is 1. The summed E-state index contributed by atoms with van der Waals surface area (Å²) in [6.45, 7) is 4.01. The van der Waals surface area contributed by atoms with Gasteiger partial charge < -0.3 is 9.63 Å². The predicted octanol–water partition coefficient (Wildman–Crippen LogP) is 4.42. The lowest BCUT2D eigenvalue weighted by atomic mass is 10.1. The van der Waals surface area contributed by atoms with Crippen LogP contribution in [0.5, 0.6) is 0 Å². The molecule has 0 aliphatic rings. The third kappa shape index (κ3) is 3.05. The first kappa shape index (κ1) is 17.9. The second kappa shape index (κ2) is 7.26. The molecule has 2 aromatic carbocycles. The first-order chi connectivity index (χ1) is 13.6. The zero-order chi connectivity index (χ0) is 19.7. The molecule has 7 nitrogen and oxygen atoms in total. The first-order valence-corrected chi connectivity index (χ1v) is 9.23. The molecule has 0 unspecified atom stereocenters. The Morgan fingerprint density at radius 2 is 2.00 bits per heavy atom. The van der Waals surface area contributed by atoms with Crippen molar-refractivity contribution in [3.63, 3.8) is 0 Å². The van der Waals surface area contributed by atoms with Crippen LogP contribution in [-0.2, 0) is 6.42 Å². The summed E-state index contributed by atoms with van der Waals surface area (Å²) in [6.07, 6.45) is 2.40. The van der Waals surface area contributed by atoms with Gasteiger partial charge in [0.1, 0.15) is 5.52 Å². The van der Waals surface area contributed by atoms with Gasteiger partial charge in [-0.05, 0) is 37.5 Å². The van der Waals surface area contributed by atoms with Crippen LogP contribution < -0.4 is 0 Å². The monoisotopic (exact) mass is 376 g/mol. The summed E-state index contributed by atoms with van der Waals surface area (Å²) in [5, 5.41) is 22.6. The van der Waals surface area contributed by atoms with Crippen LogP contribution in [0.1, 0.15) is 41.5 Å². The Morgan fingerprint density at radius 1 is 1.21 bits per heavy atom. The van der Waals surface area contributed by atoms with E-state index in [9.17, 15) is 9.90 Å². The molecule has 0 aliphatic carbocycles. The van der Waals surface area contributed by atoms with E-state index in [1.807, 2.05) is 49.4 Å². The fourth-order valence-electron chi connectivity index (χ4n) is 3.34. The standard InChI is InChI=1S/C21H20N4O3/c1-3-4-10-17-19(21(26)27)22-24-25(17)18-12-15-16(11-13(18)2)23-28-20(15)14-8-6-5-7-9-14/h5-9,11-12H,3-4,10H2,1-2H3,(H,26,27). The van der Waals surface area contributed by atoms with Gasteiger partial charge >= 0.3 is 5.97 Å². The molecule has 0 aliphatic heterocycles. The van der Waals surface area contributed by atoms with E-state index < -0.39 is 5.97 Å².